The van der Waals surface area contributed by atoms with Crippen molar-refractivity contribution in [2.24, 2.45) is 0 Å². The lowest BCUT2D eigenvalue weighted by Crippen LogP contribution is -2.48. The summed E-state index contributed by atoms with van der Waals surface area (Å²) in [5.41, 5.74) is 0.645. The SMILES string of the molecule is O=C(C[S@@](=O)CC(=O)N(c1ccc2c(c1)OCO2)[C@H](C(=O)NC1CCCCC1)c1ccco1)Nc1ccc(F)cc1. The Labute approximate surface area is 238 Å². The van der Waals surface area contributed by atoms with Crippen molar-refractivity contribution >= 4 is 39.9 Å². The summed E-state index contributed by atoms with van der Waals surface area (Å²) >= 11 is 0. The Morgan fingerprint density at radius 2 is 1.73 bits per heavy atom. The lowest BCUT2D eigenvalue weighted by molar-refractivity contribution is -0.127. The standard InChI is InChI=1S/C29H30FN3O7S/c30-19-8-10-21(11-9-19)31-26(34)16-41(37)17-27(35)33(22-12-13-23-25(15-22)40-18-39-23)28(24-7-4-14-38-24)29(36)32-20-5-2-1-3-6-20/h4,7-15,20,28H,1-3,5-6,16-18H2,(H,31,34)(H,32,36)/t28-,41+/m0/s1. The van der Waals surface area contributed by atoms with Gasteiger partial charge >= 0.3 is 0 Å². The predicted molar refractivity (Wildman–Crippen MR) is 149 cm³/mol. The Morgan fingerprint density at radius 1 is 0.976 bits per heavy atom. The summed E-state index contributed by atoms with van der Waals surface area (Å²) in [5.74, 6) is -2.06. The molecule has 3 amide bonds. The van der Waals surface area contributed by atoms with Crippen LogP contribution in [0, 0.1) is 5.82 Å². The van der Waals surface area contributed by atoms with Crippen LogP contribution in [-0.4, -0.2) is 46.3 Å². The molecule has 2 aromatic carbocycles. The molecule has 216 valence electrons. The van der Waals surface area contributed by atoms with Crippen LogP contribution in [0.15, 0.2) is 65.3 Å². The zero-order chi connectivity index (χ0) is 28.8. The molecule has 0 radical (unpaired) electrons. The third-order valence-electron chi connectivity index (χ3n) is 6.88. The molecule has 1 saturated carbocycles. The second kappa shape index (κ2) is 13.0. The number of hydrogen-bond donors (Lipinski definition) is 2. The second-order valence-electron chi connectivity index (χ2n) is 9.85. The van der Waals surface area contributed by atoms with Gasteiger partial charge in [-0.3, -0.25) is 23.5 Å². The first-order valence-corrected chi connectivity index (χ1v) is 14.8. The van der Waals surface area contributed by atoms with E-state index in [9.17, 15) is 23.0 Å². The number of anilines is 2. The third-order valence-corrected chi connectivity index (χ3v) is 8.03. The Hall–Kier alpha value is -4.19. The van der Waals surface area contributed by atoms with Gasteiger partial charge in [-0.15, -0.1) is 0 Å². The average molecular weight is 584 g/mol. The fourth-order valence-electron chi connectivity index (χ4n) is 4.95. The fraction of sp³-hybridized carbons (Fsp3) is 0.345. The number of nitrogens with zero attached hydrogens (tertiary/aromatic N) is 1. The summed E-state index contributed by atoms with van der Waals surface area (Å²) in [6.07, 6.45) is 6.19. The van der Waals surface area contributed by atoms with E-state index in [0.29, 0.717) is 22.9 Å². The van der Waals surface area contributed by atoms with Gasteiger partial charge in [-0.25, -0.2) is 4.39 Å². The highest BCUT2D eigenvalue weighted by atomic mass is 32.2. The maximum absolute atomic E-state index is 13.8. The van der Waals surface area contributed by atoms with Crippen molar-refractivity contribution in [3.8, 4) is 11.5 Å². The summed E-state index contributed by atoms with van der Waals surface area (Å²) in [4.78, 5) is 41.3. The van der Waals surface area contributed by atoms with E-state index >= 15 is 0 Å². The third kappa shape index (κ3) is 7.12. The van der Waals surface area contributed by atoms with Gasteiger partial charge in [-0.1, -0.05) is 19.3 Å². The van der Waals surface area contributed by atoms with E-state index in [4.69, 9.17) is 13.9 Å². The maximum atomic E-state index is 13.8. The molecule has 1 fully saturated rings. The van der Waals surface area contributed by atoms with Crippen LogP contribution in [0.1, 0.15) is 43.9 Å². The molecule has 0 saturated heterocycles. The predicted octanol–water partition coefficient (Wildman–Crippen LogP) is 4.06. The molecule has 2 N–H and O–H groups in total. The van der Waals surface area contributed by atoms with Gasteiger partial charge < -0.3 is 24.5 Å². The summed E-state index contributed by atoms with van der Waals surface area (Å²) in [7, 11) is -1.93. The zero-order valence-electron chi connectivity index (χ0n) is 22.2. The van der Waals surface area contributed by atoms with E-state index < -0.39 is 51.9 Å². The van der Waals surface area contributed by atoms with Crippen molar-refractivity contribution in [3.63, 3.8) is 0 Å². The van der Waals surface area contributed by atoms with E-state index in [2.05, 4.69) is 10.6 Å². The quantitative estimate of drug-likeness (QED) is 0.369. The molecule has 2 aliphatic rings. The number of rotatable bonds is 10. The van der Waals surface area contributed by atoms with Crippen molar-refractivity contribution in [3.05, 3.63) is 72.4 Å². The maximum Gasteiger partial charge on any atom is 0.251 e. The molecule has 3 aromatic rings. The summed E-state index contributed by atoms with van der Waals surface area (Å²) in [6.45, 7) is 0.0176. The number of nitrogens with one attached hydrogen (secondary N) is 2. The van der Waals surface area contributed by atoms with Crippen LogP contribution in [0.25, 0.3) is 0 Å². The van der Waals surface area contributed by atoms with Gasteiger partial charge in [0.05, 0.1) is 6.26 Å². The minimum absolute atomic E-state index is 0.0176. The molecule has 0 unspecified atom stereocenters. The lowest BCUT2D eigenvalue weighted by Gasteiger charge is -2.32. The Bertz CT molecular complexity index is 1410. The van der Waals surface area contributed by atoms with Gasteiger partial charge in [0.25, 0.3) is 5.91 Å². The molecule has 0 spiro atoms. The van der Waals surface area contributed by atoms with E-state index in [-0.39, 0.29) is 18.6 Å². The first kappa shape index (κ1) is 28.3. The van der Waals surface area contributed by atoms with Gasteiger partial charge in [0.15, 0.2) is 17.5 Å². The zero-order valence-corrected chi connectivity index (χ0v) is 23.0. The molecule has 10 nitrogen and oxygen atoms in total. The minimum Gasteiger partial charge on any atom is -0.467 e. The Balaban J connectivity index is 1.39. The number of amides is 3. The van der Waals surface area contributed by atoms with Gasteiger partial charge in [-0.05, 0) is 61.4 Å². The van der Waals surface area contributed by atoms with E-state index in [1.807, 2.05) is 0 Å². The van der Waals surface area contributed by atoms with Gasteiger partial charge in [0.2, 0.25) is 18.6 Å². The van der Waals surface area contributed by atoms with Crippen molar-refractivity contribution in [1.29, 1.82) is 0 Å². The molecule has 5 rings (SSSR count). The van der Waals surface area contributed by atoms with Crippen LogP contribution in [0.2, 0.25) is 0 Å². The van der Waals surface area contributed by atoms with Crippen molar-refractivity contribution in [2.75, 3.05) is 28.5 Å². The van der Waals surface area contributed by atoms with Crippen molar-refractivity contribution < 1.29 is 36.9 Å². The van der Waals surface area contributed by atoms with Crippen LogP contribution in [0.4, 0.5) is 15.8 Å². The second-order valence-corrected chi connectivity index (χ2v) is 11.3. The number of carbonyl (C=O) groups excluding carboxylic acids is 3. The largest absolute Gasteiger partial charge is 0.467 e. The highest BCUT2D eigenvalue weighted by Gasteiger charge is 2.37. The van der Waals surface area contributed by atoms with Gasteiger partial charge in [-0.2, -0.15) is 0 Å². The van der Waals surface area contributed by atoms with E-state index in [0.717, 1.165) is 32.1 Å². The first-order chi connectivity index (χ1) is 19.9. The molecule has 1 aliphatic heterocycles. The summed E-state index contributed by atoms with van der Waals surface area (Å²) in [5, 5.41) is 5.60. The molecule has 12 heteroatoms. The van der Waals surface area contributed by atoms with E-state index in [1.165, 1.54) is 35.4 Å². The highest BCUT2D eigenvalue weighted by molar-refractivity contribution is 7.86. The minimum atomic E-state index is -1.93. The Kier molecular flexibility index (Phi) is 8.98. The number of furan rings is 1. The topological polar surface area (TPSA) is 127 Å². The number of hydrogen-bond acceptors (Lipinski definition) is 7. The van der Waals surface area contributed by atoms with Crippen LogP contribution < -0.4 is 25.0 Å². The molecular formula is C29H30FN3O7S. The lowest BCUT2D eigenvalue weighted by atomic mass is 9.95. The smallest absolute Gasteiger partial charge is 0.251 e. The summed E-state index contributed by atoms with van der Waals surface area (Å²) in [6, 6.07) is 11.9. The average Bonchev–Trinajstić information content (AvgIpc) is 3.65. The normalized spacial score (nSPS) is 16.0. The van der Waals surface area contributed by atoms with E-state index in [1.54, 1.807) is 30.3 Å². The number of benzene rings is 2. The number of carbonyl (C=O) groups is 3. The van der Waals surface area contributed by atoms with Crippen molar-refractivity contribution in [1.82, 2.24) is 5.32 Å². The molecular weight excluding hydrogens is 553 g/mol. The summed E-state index contributed by atoms with van der Waals surface area (Å²) < 4.78 is 42.7. The fourth-order valence-corrected chi connectivity index (χ4v) is 5.84. The van der Waals surface area contributed by atoms with Gasteiger partial charge in [0.1, 0.15) is 23.1 Å². The first-order valence-electron chi connectivity index (χ1n) is 13.3. The molecule has 1 aliphatic carbocycles. The van der Waals surface area contributed by atoms with Gasteiger partial charge in [0, 0.05) is 34.3 Å². The number of halogens is 1. The highest BCUT2D eigenvalue weighted by Crippen LogP contribution is 2.38. The van der Waals surface area contributed by atoms with Crippen LogP contribution in [0.5, 0.6) is 11.5 Å². The molecule has 0 bridgehead atoms. The van der Waals surface area contributed by atoms with Crippen LogP contribution in [0.3, 0.4) is 0 Å². The number of fused-ring (bicyclic) bond motifs is 1. The van der Waals surface area contributed by atoms with Crippen molar-refractivity contribution in [2.45, 2.75) is 44.2 Å². The monoisotopic (exact) mass is 583 g/mol. The van der Waals surface area contributed by atoms with Crippen LogP contribution in [-0.2, 0) is 25.2 Å². The molecule has 41 heavy (non-hydrogen) atoms. The molecule has 2 heterocycles. The molecule has 2 atom stereocenters. The Morgan fingerprint density at radius 3 is 2.46 bits per heavy atom. The number of ether oxygens (including phenoxy) is 2. The molecule has 1 aromatic heterocycles. The van der Waals surface area contributed by atoms with Crippen LogP contribution >= 0.6 is 0 Å².